The molecule has 7 nitrogen and oxygen atoms in total. The second-order valence-electron chi connectivity index (χ2n) is 6.29. The number of fused-ring (bicyclic) bond motifs is 1. The van der Waals surface area contributed by atoms with Gasteiger partial charge in [0, 0.05) is 10.6 Å². The minimum atomic E-state index is -0.909. The first kappa shape index (κ1) is 19.0. The number of methoxy groups -OCH3 is 1. The van der Waals surface area contributed by atoms with Crippen molar-refractivity contribution in [3.8, 4) is 0 Å². The van der Waals surface area contributed by atoms with Gasteiger partial charge in [-0.25, -0.2) is 14.0 Å². The summed E-state index contributed by atoms with van der Waals surface area (Å²) < 4.78 is 24.2. The van der Waals surface area contributed by atoms with Crippen molar-refractivity contribution in [2.24, 2.45) is 0 Å². The lowest BCUT2D eigenvalue weighted by Gasteiger charge is -2.22. The normalized spacial score (nSPS) is 17.0. The average Bonchev–Trinajstić information content (AvgIpc) is 2.66. The van der Waals surface area contributed by atoms with Gasteiger partial charge in [0.05, 0.1) is 18.4 Å². The minimum Gasteiger partial charge on any atom is -0.465 e. The molecule has 0 spiro atoms. The maximum absolute atomic E-state index is 14.5. The van der Waals surface area contributed by atoms with Crippen LogP contribution < -0.4 is 10.6 Å². The van der Waals surface area contributed by atoms with Gasteiger partial charge in [-0.3, -0.25) is 4.79 Å². The number of carbonyl (C=O) groups is 3. The molecule has 2 N–H and O–H groups in total. The summed E-state index contributed by atoms with van der Waals surface area (Å²) in [6, 6.07) is 1.90. The Bertz CT molecular complexity index is 717. The van der Waals surface area contributed by atoms with Crippen LogP contribution >= 0.6 is 11.8 Å². The average molecular weight is 370 g/mol. The van der Waals surface area contributed by atoms with E-state index in [-0.39, 0.29) is 17.0 Å². The van der Waals surface area contributed by atoms with E-state index in [2.05, 4.69) is 15.4 Å². The van der Waals surface area contributed by atoms with Gasteiger partial charge in [0.1, 0.15) is 11.6 Å². The number of alkyl carbamates (subject to hydrolysis) is 1. The van der Waals surface area contributed by atoms with E-state index < -0.39 is 35.4 Å². The van der Waals surface area contributed by atoms with Crippen LogP contribution in [0.1, 0.15) is 31.1 Å². The molecule has 0 aliphatic carbocycles. The maximum atomic E-state index is 14.5. The highest BCUT2D eigenvalue weighted by molar-refractivity contribution is 7.99. The van der Waals surface area contributed by atoms with E-state index in [9.17, 15) is 18.8 Å². The number of rotatable bonds is 2. The van der Waals surface area contributed by atoms with E-state index in [1.54, 1.807) is 20.8 Å². The Kier molecular flexibility index (Phi) is 5.56. The first-order valence-electron chi connectivity index (χ1n) is 7.46. The maximum Gasteiger partial charge on any atom is 0.408 e. The molecule has 1 aromatic carbocycles. The van der Waals surface area contributed by atoms with Gasteiger partial charge in [0.2, 0.25) is 5.91 Å². The molecule has 0 radical (unpaired) electrons. The molecule has 136 valence electrons. The zero-order valence-corrected chi connectivity index (χ0v) is 15.1. The molecular weight excluding hydrogens is 351 g/mol. The number of esters is 1. The lowest BCUT2D eigenvalue weighted by Crippen LogP contribution is -2.46. The Labute approximate surface area is 148 Å². The molecule has 0 aromatic heterocycles. The van der Waals surface area contributed by atoms with E-state index in [1.165, 1.54) is 23.9 Å². The lowest BCUT2D eigenvalue weighted by atomic mass is 10.1. The third-order valence-electron chi connectivity index (χ3n) is 3.17. The minimum absolute atomic E-state index is 0.105. The van der Waals surface area contributed by atoms with Gasteiger partial charge >= 0.3 is 12.1 Å². The summed E-state index contributed by atoms with van der Waals surface area (Å²) >= 11 is 1.18. The van der Waals surface area contributed by atoms with E-state index >= 15 is 0 Å². The lowest BCUT2D eigenvalue weighted by molar-refractivity contribution is -0.117. The highest BCUT2D eigenvalue weighted by Gasteiger charge is 2.30. The quantitative estimate of drug-likeness (QED) is 0.777. The third kappa shape index (κ3) is 4.62. The summed E-state index contributed by atoms with van der Waals surface area (Å²) in [5, 5.41) is 4.88. The molecule has 2 rings (SSSR count). The zero-order valence-electron chi connectivity index (χ0n) is 14.3. The number of hydrogen-bond donors (Lipinski definition) is 2. The van der Waals surface area contributed by atoms with Crippen LogP contribution in [0.25, 0.3) is 0 Å². The monoisotopic (exact) mass is 370 g/mol. The highest BCUT2D eigenvalue weighted by Crippen LogP contribution is 2.34. The van der Waals surface area contributed by atoms with Crippen LogP contribution in [0.3, 0.4) is 0 Å². The number of benzene rings is 1. The number of nitrogens with one attached hydrogen (secondary N) is 2. The van der Waals surface area contributed by atoms with Gasteiger partial charge in [-0.05, 0) is 32.9 Å². The van der Waals surface area contributed by atoms with Gasteiger partial charge < -0.3 is 20.1 Å². The molecule has 0 unspecified atom stereocenters. The van der Waals surface area contributed by atoms with Crippen molar-refractivity contribution in [3.05, 3.63) is 23.5 Å². The van der Waals surface area contributed by atoms with Crippen LogP contribution in [0.15, 0.2) is 17.0 Å². The van der Waals surface area contributed by atoms with Gasteiger partial charge in [-0.1, -0.05) is 0 Å². The number of carbonyl (C=O) groups excluding carboxylic acids is 3. The van der Waals surface area contributed by atoms with Crippen LogP contribution in [0.2, 0.25) is 0 Å². The molecule has 0 bridgehead atoms. The summed E-state index contributed by atoms with van der Waals surface area (Å²) in [6.07, 6.45) is -0.741. The van der Waals surface area contributed by atoms with Crippen molar-refractivity contribution >= 4 is 35.4 Å². The Morgan fingerprint density at radius 2 is 2.04 bits per heavy atom. The molecule has 0 saturated carbocycles. The molecule has 0 saturated heterocycles. The smallest absolute Gasteiger partial charge is 0.408 e. The number of hydrogen-bond acceptors (Lipinski definition) is 6. The number of amides is 2. The van der Waals surface area contributed by atoms with Gasteiger partial charge in [-0.2, -0.15) is 0 Å². The fourth-order valence-corrected chi connectivity index (χ4v) is 3.11. The Balaban J connectivity index is 2.19. The van der Waals surface area contributed by atoms with Crippen LogP contribution in [-0.2, 0) is 14.3 Å². The standard InChI is InChI=1S/C16H19FN2O5S/c1-16(2,3)24-15(22)18-9-7-25-10-6-5-8(14(21)23-4)11(17)12(10)19-13(9)20/h5-6,9H,7H2,1-4H3,(H,18,22)(H,19,20)/t9-/m0/s1. The molecular formula is C16H19FN2O5S. The second-order valence-corrected chi connectivity index (χ2v) is 7.35. The van der Waals surface area contributed by atoms with E-state index in [0.717, 1.165) is 7.11 Å². The summed E-state index contributed by atoms with van der Waals surface area (Å²) in [5.41, 5.74) is -1.09. The van der Waals surface area contributed by atoms with E-state index in [1.807, 2.05) is 0 Å². The van der Waals surface area contributed by atoms with Crippen molar-refractivity contribution in [1.29, 1.82) is 0 Å². The summed E-state index contributed by atoms with van der Waals surface area (Å²) in [5.74, 6) is -2.12. The largest absolute Gasteiger partial charge is 0.465 e. The molecule has 1 aliphatic rings. The van der Waals surface area contributed by atoms with Crippen LogP contribution in [0, 0.1) is 5.82 Å². The molecule has 9 heteroatoms. The van der Waals surface area contributed by atoms with E-state index in [4.69, 9.17) is 4.74 Å². The predicted molar refractivity (Wildman–Crippen MR) is 90.3 cm³/mol. The molecule has 2 amide bonds. The summed E-state index contributed by atoms with van der Waals surface area (Å²) in [7, 11) is 1.14. The number of halogens is 1. The van der Waals surface area contributed by atoms with Crippen molar-refractivity contribution in [3.63, 3.8) is 0 Å². The van der Waals surface area contributed by atoms with E-state index in [0.29, 0.717) is 4.90 Å². The molecule has 1 aromatic rings. The van der Waals surface area contributed by atoms with Crippen molar-refractivity contribution in [1.82, 2.24) is 5.32 Å². The molecule has 0 fully saturated rings. The molecule has 25 heavy (non-hydrogen) atoms. The van der Waals surface area contributed by atoms with Crippen LogP contribution in [0.5, 0.6) is 0 Å². The highest BCUT2D eigenvalue weighted by atomic mass is 32.2. The van der Waals surface area contributed by atoms with Crippen LogP contribution in [0.4, 0.5) is 14.9 Å². The Morgan fingerprint density at radius 3 is 2.64 bits per heavy atom. The van der Waals surface area contributed by atoms with Gasteiger partial charge in [0.15, 0.2) is 5.82 Å². The Morgan fingerprint density at radius 1 is 1.36 bits per heavy atom. The topological polar surface area (TPSA) is 93.7 Å². The molecule has 1 aliphatic heterocycles. The number of thioether (sulfide) groups is 1. The van der Waals surface area contributed by atoms with Gasteiger partial charge in [-0.15, -0.1) is 11.8 Å². The third-order valence-corrected chi connectivity index (χ3v) is 4.32. The summed E-state index contributed by atoms with van der Waals surface area (Å²) in [4.78, 5) is 36.2. The SMILES string of the molecule is COC(=O)c1ccc2c(c1F)NC(=O)[C@@H](NC(=O)OC(C)(C)C)CS2. The van der Waals surface area contributed by atoms with Crippen LogP contribution in [-0.4, -0.2) is 42.5 Å². The van der Waals surface area contributed by atoms with Crippen molar-refractivity contribution < 1.29 is 28.2 Å². The fraction of sp³-hybridized carbons (Fsp3) is 0.438. The first-order chi connectivity index (χ1) is 11.6. The number of anilines is 1. The second kappa shape index (κ2) is 7.30. The fourth-order valence-electron chi connectivity index (χ4n) is 2.08. The van der Waals surface area contributed by atoms with Crippen molar-refractivity contribution in [2.75, 3.05) is 18.2 Å². The predicted octanol–water partition coefficient (Wildman–Crippen LogP) is 2.55. The number of ether oxygens (including phenoxy) is 2. The molecule has 1 heterocycles. The summed E-state index contributed by atoms with van der Waals surface area (Å²) in [6.45, 7) is 5.11. The van der Waals surface area contributed by atoms with Crippen molar-refractivity contribution in [2.45, 2.75) is 37.3 Å². The zero-order chi connectivity index (χ0) is 18.8. The first-order valence-corrected chi connectivity index (χ1v) is 8.45. The van der Waals surface area contributed by atoms with Gasteiger partial charge in [0.25, 0.3) is 0 Å². The molecule has 1 atom stereocenters. The Hall–Kier alpha value is -2.29.